The zero-order valence-corrected chi connectivity index (χ0v) is 22.0. The van der Waals surface area contributed by atoms with Gasteiger partial charge in [-0.2, -0.15) is 0 Å². The number of aromatic nitrogens is 3. The number of benzene rings is 1. The van der Waals surface area contributed by atoms with Crippen molar-refractivity contribution in [2.75, 3.05) is 24.6 Å². The minimum absolute atomic E-state index is 0.169. The SMILES string of the molecule is [2H]C1([2H])OC([2H])([2H])[C@H](F)S(=O)(=O)c2cc(C(=O)NCc3cc4nc(N5CCOc6ccc(C(F)F)nc65)ccc4cn3)cc(F)c21. The van der Waals surface area contributed by atoms with Gasteiger partial charge in [-0.1, -0.05) is 0 Å². The van der Waals surface area contributed by atoms with E-state index in [9.17, 15) is 26.4 Å². The summed E-state index contributed by atoms with van der Waals surface area (Å²) in [6.07, 6.45) is -1.33. The Hall–Kier alpha value is -4.37. The van der Waals surface area contributed by atoms with Crippen LogP contribution in [0.2, 0.25) is 0 Å². The molecule has 2 aliphatic heterocycles. The molecule has 0 fully saturated rings. The van der Waals surface area contributed by atoms with Crippen molar-refractivity contribution in [3.63, 3.8) is 0 Å². The molecule has 1 aromatic carbocycles. The number of rotatable bonds is 5. The van der Waals surface area contributed by atoms with Crippen molar-refractivity contribution < 1.29 is 45.7 Å². The Morgan fingerprint density at radius 1 is 1.19 bits per heavy atom. The van der Waals surface area contributed by atoms with E-state index in [0.717, 1.165) is 0 Å². The largest absolute Gasteiger partial charge is 0.488 e. The van der Waals surface area contributed by atoms with Crippen LogP contribution in [0.25, 0.3) is 10.9 Å². The molecule has 0 bridgehead atoms. The molecule has 6 rings (SSSR count). The summed E-state index contributed by atoms with van der Waals surface area (Å²) in [5.74, 6) is -1.75. The van der Waals surface area contributed by atoms with Crippen LogP contribution in [0, 0.1) is 5.82 Å². The van der Waals surface area contributed by atoms with E-state index in [0.29, 0.717) is 34.6 Å². The fraction of sp³-hybridized carbons (Fsp3) is 0.259. The first-order valence-corrected chi connectivity index (χ1v) is 13.8. The first-order chi connectivity index (χ1) is 21.6. The Bertz CT molecular complexity index is 2010. The van der Waals surface area contributed by atoms with Crippen molar-refractivity contribution in [1.82, 2.24) is 20.3 Å². The van der Waals surface area contributed by atoms with Gasteiger partial charge in [-0.05, 0) is 42.5 Å². The second-order valence-electron chi connectivity index (χ2n) is 9.09. The number of pyridine rings is 3. The normalized spacial score (nSPS) is 21.5. The van der Waals surface area contributed by atoms with Crippen LogP contribution in [0.1, 0.15) is 39.2 Å². The zero-order chi connectivity index (χ0) is 33.2. The Morgan fingerprint density at radius 3 is 2.83 bits per heavy atom. The molecule has 4 aromatic rings. The van der Waals surface area contributed by atoms with Crippen LogP contribution in [-0.4, -0.2) is 54.5 Å². The average molecular weight is 608 g/mol. The monoisotopic (exact) mass is 607 g/mol. The first kappa shape index (κ1) is 23.2. The summed E-state index contributed by atoms with van der Waals surface area (Å²) in [6, 6.07) is 8.52. The lowest BCUT2D eigenvalue weighted by atomic mass is 10.1. The predicted molar refractivity (Wildman–Crippen MR) is 141 cm³/mol. The Kier molecular flexibility index (Phi) is 5.97. The number of ether oxygens (including phenoxy) is 2. The van der Waals surface area contributed by atoms with Gasteiger partial charge in [0.05, 0.1) is 47.8 Å². The molecule has 10 nitrogen and oxygen atoms in total. The number of sulfone groups is 1. The van der Waals surface area contributed by atoms with Crippen LogP contribution in [0.3, 0.4) is 0 Å². The third-order valence-electron chi connectivity index (χ3n) is 6.43. The van der Waals surface area contributed by atoms with E-state index in [-0.39, 0.29) is 31.2 Å². The van der Waals surface area contributed by atoms with Crippen molar-refractivity contribution in [3.8, 4) is 5.75 Å². The third kappa shape index (κ3) is 5.09. The molecule has 5 heterocycles. The van der Waals surface area contributed by atoms with Gasteiger partial charge in [-0.25, -0.2) is 35.9 Å². The van der Waals surface area contributed by atoms with Gasteiger partial charge < -0.3 is 19.7 Å². The molecular formula is C27H21F4N5O5S. The van der Waals surface area contributed by atoms with Crippen molar-refractivity contribution in [2.45, 2.75) is 29.9 Å². The predicted octanol–water partition coefficient (Wildman–Crippen LogP) is 4.16. The molecule has 15 heteroatoms. The summed E-state index contributed by atoms with van der Waals surface area (Å²) < 4.78 is 123. The van der Waals surface area contributed by atoms with Crippen molar-refractivity contribution in [2.24, 2.45) is 0 Å². The molecule has 0 spiro atoms. The second-order valence-corrected chi connectivity index (χ2v) is 11.0. The number of hydrogen-bond donors (Lipinski definition) is 1. The molecule has 0 saturated carbocycles. The summed E-state index contributed by atoms with van der Waals surface area (Å²) in [6.45, 7) is -6.81. The molecule has 218 valence electrons. The summed E-state index contributed by atoms with van der Waals surface area (Å²) in [4.78, 5) is 26.2. The Morgan fingerprint density at radius 2 is 2.02 bits per heavy atom. The van der Waals surface area contributed by atoms with E-state index >= 15 is 4.39 Å². The number of nitrogens with zero attached hydrogens (tertiary/aromatic N) is 4. The number of halogens is 4. The minimum atomic E-state index is -5.35. The first-order valence-electron chi connectivity index (χ1n) is 14.2. The standard InChI is InChI=1S/C27H21F4N5O5S/c28-18-7-15(8-22-17(18)12-40-13-23(29)42(22,38)39)27(37)33-11-16-9-20-14(10-32-16)1-4-24(34-20)36-5-6-41-21-3-2-19(25(30)31)35-26(21)36/h1-4,7-10,23,25H,5-6,11-13H2,(H,33,37)/t23-/m1/s1/i12D2,13D2. The zero-order valence-electron chi connectivity index (χ0n) is 25.1. The fourth-order valence-corrected chi connectivity index (χ4v) is 5.47. The van der Waals surface area contributed by atoms with E-state index in [1.165, 1.54) is 24.4 Å². The number of anilines is 2. The van der Waals surface area contributed by atoms with Gasteiger partial charge in [-0.15, -0.1) is 0 Å². The van der Waals surface area contributed by atoms with E-state index < -0.39 is 68.3 Å². The van der Waals surface area contributed by atoms with Crippen LogP contribution in [0.15, 0.2) is 53.6 Å². The number of alkyl halides is 3. The topological polar surface area (TPSA) is 124 Å². The number of carbonyl (C=O) groups is 1. The van der Waals surface area contributed by atoms with Crippen molar-refractivity contribution in [1.29, 1.82) is 0 Å². The maximum Gasteiger partial charge on any atom is 0.280 e. The number of fused-ring (bicyclic) bond motifs is 3. The Balaban J connectivity index is 1.26. The Labute approximate surface area is 241 Å². The summed E-state index contributed by atoms with van der Waals surface area (Å²) in [5.41, 5.74) is -5.07. The summed E-state index contributed by atoms with van der Waals surface area (Å²) >= 11 is 0. The van der Waals surface area contributed by atoms with Crippen LogP contribution >= 0.6 is 0 Å². The van der Waals surface area contributed by atoms with Crippen LogP contribution < -0.4 is 15.0 Å². The molecule has 1 N–H and O–H groups in total. The molecular weight excluding hydrogens is 582 g/mol. The van der Waals surface area contributed by atoms with Crippen LogP contribution in [0.5, 0.6) is 5.75 Å². The van der Waals surface area contributed by atoms with Gasteiger partial charge in [0.2, 0.25) is 15.3 Å². The number of carbonyl (C=O) groups excluding carboxylic acids is 1. The van der Waals surface area contributed by atoms with Gasteiger partial charge in [0.1, 0.15) is 23.9 Å². The van der Waals surface area contributed by atoms with Crippen LogP contribution in [-0.2, 0) is 27.7 Å². The molecule has 0 radical (unpaired) electrons. The lowest BCUT2D eigenvalue weighted by molar-refractivity contribution is 0.0938. The lowest BCUT2D eigenvalue weighted by Gasteiger charge is -2.29. The quantitative estimate of drug-likeness (QED) is 0.333. The lowest BCUT2D eigenvalue weighted by Crippen LogP contribution is -2.30. The van der Waals surface area contributed by atoms with Crippen LogP contribution in [0.4, 0.5) is 29.2 Å². The number of hydrogen-bond acceptors (Lipinski definition) is 9. The highest BCUT2D eigenvalue weighted by Crippen LogP contribution is 2.36. The maximum atomic E-state index is 15.1. The highest BCUT2D eigenvalue weighted by molar-refractivity contribution is 7.92. The van der Waals surface area contributed by atoms with E-state index in [2.05, 4.69) is 25.0 Å². The number of nitrogens with one attached hydrogen (secondary N) is 1. The van der Waals surface area contributed by atoms with E-state index in [1.807, 2.05) is 0 Å². The molecule has 0 saturated heterocycles. The minimum Gasteiger partial charge on any atom is -0.488 e. The van der Waals surface area contributed by atoms with Gasteiger partial charge >= 0.3 is 0 Å². The molecule has 1 amide bonds. The van der Waals surface area contributed by atoms with Gasteiger partial charge in [0.15, 0.2) is 11.6 Å². The average Bonchev–Trinajstić information content (AvgIpc) is 3.04. The third-order valence-corrected chi connectivity index (χ3v) is 8.01. The number of amides is 1. The van der Waals surface area contributed by atoms with Crippen molar-refractivity contribution >= 4 is 38.3 Å². The molecule has 2 aliphatic rings. The van der Waals surface area contributed by atoms with Gasteiger partial charge in [0, 0.05) is 22.7 Å². The molecule has 0 unspecified atom stereocenters. The fourth-order valence-electron chi connectivity index (χ4n) is 4.36. The molecule has 3 aromatic heterocycles. The summed E-state index contributed by atoms with van der Waals surface area (Å²) in [5, 5.41) is 3.02. The van der Waals surface area contributed by atoms with Gasteiger partial charge in [-0.3, -0.25) is 9.78 Å². The summed E-state index contributed by atoms with van der Waals surface area (Å²) in [7, 11) is -5.35. The smallest absolute Gasteiger partial charge is 0.280 e. The highest BCUT2D eigenvalue weighted by atomic mass is 32.2. The highest BCUT2D eigenvalue weighted by Gasteiger charge is 2.35. The molecule has 1 atom stereocenters. The van der Waals surface area contributed by atoms with Gasteiger partial charge in [0.25, 0.3) is 12.3 Å². The van der Waals surface area contributed by atoms with E-state index in [1.54, 1.807) is 17.0 Å². The second kappa shape index (κ2) is 10.8. The maximum absolute atomic E-state index is 15.1. The molecule has 0 aliphatic carbocycles. The van der Waals surface area contributed by atoms with E-state index in [4.69, 9.17) is 10.2 Å². The molecule has 42 heavy (non-hydrogen) atoms. The van der Waals surface area contributed by atoms with Crippen molar-refractivity contribution in [3.05, 3.63) is 77.0 Å².